The lowest BCUT2D eigenvalue weighted by molar-refractivity contribution is 0.0997. The largest absolute Gasteiger partial charge is 0.364 e. The van der Waals surface area contributed by atoms with E-state index < -0.39 is 14.1 Å². The van der Waals surface area contributed by atoms with Crippen LogP contribution in [0.15, 0.2) is 42.5 Å². The third-order valence-electron chi connectivity index (χ3n) is 4.21. The molecule has 2 aromatic carbocycles. The number of rotatable bonds is 6. The standard InChI is InChI=1S/C20H22ClN2O2P/c1-4-25-26(15-7-5-6-13(10-15)12(2)3)19-16-11-14(21)8-9-17(16)23-18(19)20(22)24/h5-12,23H,4H2,1-3H3,(H2,22,24). The zero-order valence-electron chi connectivity index (χ0n) is 15.0. The number of hydrogen-bond donors (Lipinski definition) is 2. The lowest BCUT2D eigenvalue weighted by atomic mass is 10.0. The number of carbonyl (C=O) groups excluding carboxylic acids is 1. The monoisotopic (exact) mass is 388 g/mol. The van der Waals surface area contributed by atoms with Gasteiger partial charge in [0.1, 0.15) is 5.69 Å². The van der Waals surface area contributed by atoms with Crippen molar-refractivity contribution in [3.63, 3.8) is 0 Å². The number of halogens is 1. The second-order valence-corrected chi connectivity index (χ2v) is 8.61. The highest BCUT2D eigenvalue weighted by Crippen LogP contribution is 2.40. The van der Waals surface area contributed by atoms with Gasteiger partial charge >= 0.3 is 0 Å². The lowest BCUT2D eigenvalue weighted by Crippen LogP contribution is -2.24. The topological polar surface area (TPSA) is 68.1 Å². The molecule has 0 bridgehead atoms. The first kappa shape index (κ1) is 18.9. The summed E-state index contributed by atoms with van der Waals surface area (Å²) in [5.41, 5.74) is 8.10. The molecule has 0 aliphatic heterocycles. The number of primary amides is 1. The van der Waals surface area contributed by atoms with E-state index in [0.717, 1.165) is 21.5 Å². The van der Waals surface area contributed by atoms with Gasteiger partial charge in [-0.3, -0.25) is 4.79 Å². The number of hydrogen-bond acceptors (Lipinski definition) is 2. The van der Waals surface area contributed by atoms with E-state index in [9.17, 15) is 4.79 Å². The van der Waals surface area contributed by atoms with Crippen molar-refractivity contribution in [2.24, 2.45) is 5.73 Å². The molecular weight excluding hydrogens is 367 g/mol. The first-order valence-corrected chi connectivity index (χ1v) is 10.2. The highest BCUT2D eigenvalue weighted by atomic mass is 35.5. The quantitative estimate of drug-likeness (QED) is 0.613. The number of benzene rings is 2. The summed E-state index contributed by atoms with van der Waals surface area (Å²) in [5.74, 6) is -0.0963. The molecule has 3 rings (SSSR count). The minimum atomic E-state index is -1.21. The first-order valence-electron chi connectivity index (χ1n) is 8.56. The predicted molar refractivity (Wildman–Crippen MR) is 110 cm³/mol. The normalized spacial score (nSPS) is 12.7. The Morgan fingerprint density at radius 1 is 1.27 bits per heavy atom. The van der Waals surface area contributed by atoms with E-state index in [1.807, 2.05) is 31.2 Å². The lowest BCUT2D eigenvalue weighted by Gasteiger charge is -2.19. The van der Waals surface area contributed by atoms with E-state index in [-0.39, 0.29) is 0 Å². The van der Waals surface area contributed by atoms with Gasteiger partial charge in [0.2, 0.25) is 0 Å². The van der Waals surface area contributed by atoms with Crippen LogP contribution in [0.3, 0.4) is 0 Å². The van der Waals surface area contributed by atoms with E-state index in [0.29, 0.717) is 23.2 Å². The Labute approximate surface area is 159 Å². The van der Waals surface area contributed by atoms with E-state index in [4.69, 9.17) is 21.9 Å². The van der Waals surface area contributed by atoms with E-state index in [2.05, 4.69) is 31.0 Å². The Morgan fingerprint density at radius 2 is 2.04 bits per heavy atom. The number of aromatic amines is 1. The summed E-state index contributed by atoms with van der Waals surface area (Å²) in [6.07, 6.45) is 0. The molecule has 6 heteroatoms. The molecule has 0 aliphatic rings. The Morgan fingerprint density at radius 3 is 2.69 bits per heavy atom. The Kier molecular flexibility index (Phi) is 5.67. The number of aromatic nitrogens is 1. The SMILES string of the molecule is CCOP(c1cccc(C(C)C)c1)c1c(C(N)=O)[nH]c2ccc(Cl)cc12. The summed E-state index contributed by atoms with van der Waals surface area (Å²) in [7, 11) is -1.21. The molecule has 0 spiro atoms. The molecule has 4 nitrogen and oxygen atoms in total. The zero-order valence-corrected chi connectivity index (χ0v) is 16.7. The molecule has 3 N–H and O–H groups in total. The summed E-state index contributed by atoms with van der Waals surface area (Å²) in [6, 6.07) is 13.8. The summed E-state index contributed by atoms with van der Waals surface area (Å²) in [6.45, 7) is 6.79. The minimum Gasteiger partial charge on any atom is -0.364 e. The average Bonchev–Trinajstić information content (AvgIpc) is 2.98. The Balaban J connectivity index is 2.25. The van der Waals surface area contributed by atoms with Gasteiger partial charge in [0.15, 0.2) is 0 Å². The van der Waals surface area contributed by atoms with Crippen molar-refractivity contribution in [2.45, 2.75) is 26.7 Å². The van der Waals surface area contributed by atoms with Gasteiger partial charge < -0.3 is 15.2 Å². The van der Waals surface area contributed by atoms with Crippen molar-refractivity contribution in [1.82, 2.24) is 4.98 Å². The van der Waals surface area contributed by atoms with Crippen LogP contribution in [0, 0.1) is 0 Å². The van der Waals surface area contributed by atoms with Gasteiger partial charge in [0.05, 0.1) is 8.15 Å². The van der Waals surface area contributed by atoms with Crippen molar-refractivity contribution >= 4 is 47.2 Å². The molecule has 0 saturated heterocycles. The van der Waals surface area contributed by atoms with Crippen molar-refractivity contribution in [3.8, 4) is 0 Å². The molecule has 0 fully saturated rings. The summed E-state index contributed by atoms with van der Waals surface area (Å²) in [5, 5.41) is 3.33. The minimum absolute atomic E-state index is 0.386. The third kappa shape index (κ3) is 3.64. The van der Waals surface area contributed by atoms with Gasteiger partial charge in [-0.25, -0.2) is 0 Å². The van der Waals surface area contributed by atoms with Gasteiger partial charge in [0.25, 0.3) is 5.91 Å². The maximum atomic E-state index is 12.1. The predicted octanol–water partition coefficient (Wildman–Crippen LogP) is 4.43. The molecule has 1 atom stereocenters. The number of nitrogens with one attached hydrogen (secondary N) is 1. The molecule has 1 aromatic heterocycles. The second-order valence-electron chi connectivity index (χ2n) is 6.36. The molecule has 1 heterocycles. The summed E-state index contributed by atoms with van der Waals surface area (Å²) in [4.78, 5) is 15.2. The number of nitrogens with two attached hydrogens (primary N) is 1. The first-order chi connectivity index (χ1) is 12.4. The molecule has 0 radical (unpaired) electrons. The van der Waals surface area contributed by atoms with Crippen LogP contribution in [0.1, 0.15) is 42.7 Å². The number of fused-ring (bicyclic) bond motifs is 1. The maximum Gasteiger partial charge on any atom is 0.265 e. The maximum absolute atomic E-state index is 12.1. The van der Waals surface area contributed by atoms with Crippen LogP contribution < -0.4 is 16.3 Å². The second kappa shape index (κ2) is 7.79. The van der Waals surface area contributed by atoms with Crippen LogP contribution in [0.4, 0.5) is 0 Å². The summed E-state index contributed by atoms with van der Waals surface area (Å²) >= 11 is 6.21. The molecule has 3 aromatic rings. The van der Waals surface area contributed by atoms with Crippen LogP contribution in [-0.2, 0) is 4.52 Å². The van der Waals surface area contributed by atoms with E-state index in [1.54, 1.807) is 6.07 Å². The van der Waals surface area contributed by atoms with Gasteiger partial charge in [0, 0.05) is 33.1 Å². The van der Waals surface area contributed by atoms with Crippen molar-refractivity contribution in [2.75, 3.05) is 6.61 Å². The molecule has 136 valence electrons. The van der Waals surface area contributed by atoms with Crippen LogP contribution in [0.5, 0.6) is 0 Å². The highest BCUT2D eigenvalue weighted by molar-refractivity contribution is 7.69. The summed E-state index contributed by atoms with van der Waals surface area (Å²) < 4.78 is 6.14. The fourth-order valence-electron chi connectivity index (χ4n) is 2.95. The molecule has 26 heavy (non-hydrogen) atoms. The van der Waals surface area contributed by atoms with Gasteiger partial charge in [-0.2, -0.15) is 0 Å². The van der Waals surface area contributed by atoms with Gasteiger partial charge in [-0.05, 0) is 42.7 Å². The highest BCUT2D eigenvalue weighted by Gasteiger charge is 2.26. The molecular formula is C20H22ClN2O2P. The van der Waals surface area contributed by atoms with Crippen molar-refractivity contribution in [3.05, 3.63) is 58.7 Å². The van der Waals surface area contributed by atoms with Crippen LogP contribution in [0.25, 0.3) is 10.9 Å². The molecule has 1 amide bonds. The zero-order chi connectivity index (χ0) is 18.8. The number of amides is 1. The number of H-pyrrole nitrogens is 1. The number of carbonyl (C=O) groups is 1. The third-order valence-corrected chi connectivity index (χ3v) is 6.58. The molecule has 0 aliphatic carbocycles. The van der Waals surface area contributed by atoms with Gasteiger partial charge in [-0.15, -0.1) is 0 Å². The fourth-order valence-corrected chi connectivity index (χ4v) is 5.17. The Bertz CT molecular complexity index is 952. The van der Waals surface area contributed by atoms with Crippen LogP contribution in [0.2, 0.25) is 5.02 Å². The average molecular weight is 389 g/mol. The van der Waals surface area contributed by atoms with Crippen LogP contribution >= 0.6 is 19.7 Å². The van der Waals surface area contributed by atoms with Crippen molar-refractivity contribution in [1.29, 1.82) is 0 Å². The fraction of sp³-hybridized carbons (Fsp3) is 0.250. The molecule has 0 saturated carbocycles. The van der Waals surface area contributed by atoms with E-state index >= 15 is 0 Å². The molecule has 1 unspecified atom stereocenters. The van der Waals surface area contributed by atoms with Gasteiger partial charge in [-0.1, -0.05) is 43.6 Å². The van der Waals surface area contributed by atoms with Crippen molar-refractivity contribution < 1.29 is 9.32 Å². The Hall–Kier alpha value is -1.87. The van der Waals surface area contributed by atoms with Crippen LogP contribution in [-0.4, -0.2) is 17.5 Å². The smallest absolute Gasteiger partial charge is 0.265 e. The van der Waals surface area contributed by atoms with E-state index in [1.165, 1.54) is 5.56 Å².